The van der Waals surface area contributed by atoms with Crippen molar-refractivity contribution in [3.8, 4) is 0 Å². The van der Waals surface area contributed by atoms with Crippen molar-refractivity contribution in [2.45, 2.75) is 38.3 Å². The number of aromatic nitrogens is 2. The predicted octanol–water partition coefficient (Wildman–Crippen LogP) is 1.19. The molecular weight excluding hydrogens is 434 g/mol. The molecule has 0 aliphatic carbocycles. The number of hydrogen-bond donors (Lipinski definition) is 3. The Morgan fingerprint density at radius 3 is 2.68 bits per heavy atom. The number of carbonyl (C=O) groups is 4. The molecule has 176 valence electrons. The smallest absolute Gasteiger partial charge is 0.272 e. The van der Waals surface area contributed by atoms with Gasteiger partial charge in [-0.2, -0.15) is 0 Å². The number of aldehydes is 1. The Morgan fingerprint density at radius 1 is 1.18 bits per heavy atom. The fourth-order valence-corrected chi connectivity index (χ4v) is 4.11. The van der Waals surface area contributed by atoms with Crippen molar-refractivity contribution in [2.24, 2.45) is 5.92 Å². The first kappa shape index (κ1) is 23.2. The lowest BCUT2D eigenvalue weighted by Crippen LogP contribution is -2.51. The Hall–Kier alpha value is -4.01. The van der Waals surface area contributed by atoms with E-state index in [1.165, 1.54) is 0 Å². The molecule has 1 fully saturated rings. The van der Waals surface area contributed by atoms with E-state index < -0.39 is 23.9 Å². The summed E-state index contributed by atoms with van der Waals surface area (Å²) in [5.74, 6) is -1.42. The van der Waals surface area contributed by atoms with Crippen molar-refractivity contribution in [1.29, 1.82) is 0 Å². The van der Waals surface area contributed by atoms with Gasteiger partial charge in [0, 0.05) is 31.3 Å². The van der Waals surface area contributed by atoms with Gasteiger partial charge in [0.05, 0.1) is 6.04 Å². The lowest BCUT2D eigenvalue weighted by atomic mass is 9.98. The van der Waals surface area contributed by atoms with Gasteiger partial charge < -0.3 is 25.1 Å². The van der Waals surface area contributed by atoms with E-state index in [-0.39, 0.29) is 30.4 Å². The van der Waals surface area contributed by atoms with Crippen LogP contribution in [0.4, 0.5) is 0 Å². The van der Waals surface area contributed by atoms with Gasteiger partial charge in [-0.1, -0.05) is 36.4 Å². The van der Waals surface area contributed by atoms with Crippen LogP contribution in [0.1, 0.15) is 34.5 Å². The third-order valence-electron chi connectivity index (χ3n) is 5.93. The zero-order valence-corrected chi connectivity index (χ0v) is 18.9. The molecule has 3 aromatic rings. The maximum absolute atomic E-state index is 13.1. The Bertz CT molecular complexity index is 1210. The number of hydrogen-bond acceptors (Lipinski definition) is 5. The summed E-state index contributed by atoms with van der Waals surface area (Å²) in [5, 5.41) is 8.20. The van der Waals surface area contributed by atoms with Crippen molar-refractivity contribution in [3.05, 3.63) is 71.7 Å². The largest absolute Gasteiger partial charge is 0.356 e. The van der Waals surface area contributed by atoms with Gasteiger partial charge in [-0.05, 0) is 37.0 Å². The Morgan fingerprint density at radius 2 is 1.97 bits per heavy atom. The number of imidazole rings is 1. The monoisotopic (exact) mass is 461 g/mol. The lowest BCUT2D eigenvalue weighted by Gasteiger charge is -2.21. The zero-order valence-electron chi connectivity index (χ0n) is 18.9. The van der Waals surface area contributed by atoms with Crippen LogP contribution >= 0.6 is 0 Å². The summed E-state index contributed by atoms with van der Waals surface area (Å²) in [5.41, 5.74) is 2.68. The van der Waals surface area contributed by atoms with Crippen LogP contribution in [0.15, 0.2) is 54.9 Å². The average molecular weight is 462 g/mol. The second-order valence-corrected chi connectivity index (χ2v) is 8.58. The highest BCUT2D eigenvalue weighted by Crippen LogP contribution is 2.16. The van der Waals surface area contributed by atoms with E-state index in [0.29, 0.717) is 24.9 Å². The van der Waals surface area contributed by atoms with Crippen LogP contribution in [0.3, 0.4) is 0 Å². The minimum atomic E-state index is -0.929. The molecule has 2 aromatic heterocycles. The minimum absolute atomic E-state index is 0.114. The molecule has 1 aromatic carbocycles. The van der Waals surface area contributed by atoms with Crippen LogP contribution in [0, 0.1) is 12.8 Å². The van der Waals surface area contributed by atoms with Crippen LogP contribution in [0.5, 0.6) is 0 Å². The fraction of sp³-hybridized carbons (Fsp3) is 0.320. The molecule has 0 bridgehead atoms. The van der Waals surface area contributed by atoms with Gasteiger partial charge in [-0.3, -0.25) is 14.4 Å². The number of benzene rings is 1. The molecule has 1 aliphatic heterocycles. The minimum Gasteiger partial charge on any atom is -0.356 e. The molecule has 0 unspecified atom stereocenters. The third-order valence-corrected chi connectivity index (χ3v) is 5.93. The van der Waals surface area contributed by atoms with Crippen molar-refractivity contribution >= 4 is 29.7 Å². The molecule has 34 heavy (non-hydrogen) atoms. The molecule has 3 N–H and O–H groups in total. The number of carbonyl (C=O) groups excluding carboxylic acids is 4. The van der Waals surface area contributed by atoms with E-state index in [4.69, 9.17) is 0 Å². The van der Waals surface area contributed by atoms with Crippen molar-refractivity contribution < 1.29 is 19.2 Å². The number of nitrogens with zero attached hydrogens (tertiary/aromatic N) is 2. The van der Waals surface area contributed by atoms with E-state index in [1.54, 1.807) is 10.6 Å². The van der Waals surface area contributed by atoms with Gasteiger partial charge >= 0.3 is 0 Å². The number of pyridine rings is 1. The zero-order chi connectivity index (χ0) is 24.1. The molecule has 9 heteroatoms. The number of amides is 3. The molecule has 3 heterocycles. The first-order valence-corrected chi connectivity index (χ1v) is 11.3. The molecule has 0 saturated carbocycles. The van der Waals surface area contributed by atoms with E-state index in [9.17, 15) is 19.2 Å². The summed E-state index contributed by atoms with van der Waals surface area (Å²) in [7, 11) is 0. The first-order chi connectivity index (χ1) is 16.4. The van der Waals surface area contributed by atoms with Crippen LogP contribution in [-0.4, -0.2) is 52.0 Å². The summed E-state index contributed by atoms with van der Waals surface area (Å²) >= 11 is 0. The maximum atomic E-state index is 13.1. The highest BCUT2D eigenvalue weighted by Gasteiger charge is 2.30. The second kappa shape index (κ2) is 10.3. The molecule has 0 spiro atoms. The van der Waals surface area contributed by atoms with Crippen LogP contribution in [-0.2, 0) is 20.8 Å². The molecular formula is C25H27N5O4. The van der Waals surface area contributed by atoms with Crippen LogP contribution in [0.2, 0.25) is 0 Å². The third kappa shape index (κ3) is 5.48. The topological polar surface area (TPSA) is 122 Å². The summed E-state index contributed by atoms with van der Waals surface area (Å²) in [6.45, 7) is 2.51. The van der Waals surface area contributed by atoms with Gasteiger partial charge in [0.15, 0.2) is 0 Å². The Labute approximate surface area is 196 Å². The highest BCUT2D eigenvalue weighted by atomic mass is 16.2. The van der Waals surface area contributed by atoms with E-state index in [0.717, 1.165) is 11.1 Å². The van der Waals surface area contributed by atoms with Gasteiger partial charge in [0.25, 0.3) is 5.91 Å². The Kier molecular flexibility index (Phi) is 7.01. The van der Waals surface area contributed by atoms with Crippen molar-refractivity contribution in [1.82, 2.24) is 25.3 Å². The van der Waals surface area contributed by atoms with Gasteiger partial charge in [0.2, 0.25) is 11.8 Å². The van der Waals surface area contributed by atoms with E-state index in [1.807, 2.05) is 55.6 Å². The van der Waals surface area contributed by atoms with Crippen LogP contribution < -0.4 is 16.0 Å². The van der Waals surface area contributed by atoms with Crippen molar-refractivity contribution in [3.63, 3.8) is 0 Å². The summed E-state index contributed by atoms with van der Waals surface area (Å²) in [6, 6.07) is 11.3. The first-order valence-electron chi connectivity index (χ1n) is 11.3. The predicted molar refractivity (Wildman–Crippen MR) is 125 cm³/mol. The summed E-state index contributed by atoms with van der Waals surface area (Å²) < 4.78 is 1.76. The normalized spacial score (nSPS) is 17.1. The van der Waals surface area contributed by atoms with Crippen molar-refractivity contribution in [2.75, 3.05) is 6.54 Å². The number of fused-ring (bicyclic) bond motifs is 1. The number of nitrogens with one attached hydrogen (secondary N) is 3. The van der Waals surface area contributed by atoms with Gasteiger partial charge in [-0.15, -0.1) is 0 Å². The lowest BCUT2D eigenvalue weighted by molar-refractivity contribution is -0.127. The van der Waals surface area contributed by atoms with Crippen LogP contribution in [0.25, 0.3) is 5.65 Å². The van der Waals surface area contributed by atoms with E-state index in [2.05, 4.69) is 20.9 Å². The molecule has 4 rings (SSSR count). The summed E-state index contributed by atoms with van der Waals surface area (Å²) in [4.78, 5) is 54.0. The number of aryl methyl sites for hydroxylation is 1. The molecule has 9 nitrogen and oxygen atoms in total. The average Bonchev–Trinajstić information content (AvgIpc) is 3.44. The molecule has 0 radical (unpaired) electrons. The van der Waals surface area contributed by atoms with Gasteiger partial charge in [-0.25, -0.2) is 4.98 Å². The summed E-state index contributed by atoms with van der Waals surface area (Å²) in [6.07, 6.45) is 5.19. The maximum Gasteiger partial charge on any atom is 0.272 e. The number of rotatable bonds is 9. The quantitative estimate of drug-likeness (QED) is 0.414. The SMILES string of the molecule is Cc1ccc2nc(C(=O)N[C@@H](Cc3ccccc3)C(=O)N[C@H](C=O)C[C@@H]3CCNC3=O)cn2c1. The molecule has 1 saturated heterocycles. The Balaban J connectivity index is 1.50. The molecule has 3 amide bonds. The second-order valence-electron chi connectivity index (χ2n) is 8.58. The van der Waals surface area contributed by atoms with Gasteiger partial charge in [0.1, 0.15) is 23.7 Å². The molecule has 1 aliphatic rings. The highest BCUT2D eigenvalue weighted by molar-refractivity contribution is 5.97. The van der Waals surface area contributed by atoms with E-state index >= 15 is 0 Å². The fourth-order valence-electron chi connectivity index (χ4n) is 4.11. The molecule has 3 atom stereocenters. The standard InChI is InChI=1S/C25H27N5O4/c1-16-7-8-22-28-21(14-30(22)13-16)25(34)29-20(11-17-5-3-2-4-6-17)24(33)27-19(15-31)12-18-9-10-26-23(18)32/h2-8,13-15,18-20H,9-12H2,1H3,(H,26,32)(H,27,33)(H,29,34)/t18-,19-,20-/m0/s1.